The van der Waals surface area contributed by atoms with Crippen LogP contribution in [-0.2, 0) is 0 Å². The van der Waals surface area contributed by atoms with Gasteiger partial charge in [0.2, 0.25) is 0 Å². The lowest BCUT2D eigenvalue weighted by atomic mass is 10.2. The Kier molecular flexibility index (Phi) is 4.78. The average molecular weight is 351 g/mol. The summed E-state index contributed by atoms with van der Waals surface area (Å²) in [5.41, 5.74) is 0.592. The predicted octanol–water partition coefficient (Wildman–Crippen LogP) is 3.83. The number of anilines is 2. The van der Waals surface area contributed by atoms with Crippen molar-refractivity contribution < 1.29 is 22.7 Å². The number of rotatable bonds is 4. The fraction of sp³-hybridized carbons (Fsp3) is 0.294. The molecular weight excluding hydrogens is 335 g/mol. The molecule has 25 heavy (non-hydrogen) atoms. The van der Waals surface area contributed by atoms with Crippen LogP contribution in [0.3, 0.4) is 0 Å². The van der Waals surface area contributed by atoms with Gasteiger partial charge in [0.15, 0.2) is 0 Å². The maximum atomic E-state index is 12.5. The number of hydrogen-bond acceptors (Lipinski definition) is 4. The molecule has 132 valence electrons. The van der Waals surface area contributed by atoms with Gasteiger partial charge in [-0.2, -0.15) is 0 Å². The van der Waals surface area contributed by atoms with Crippen molar-refractivity contribution in [2.24, 2.45) is 0 Å². The fourth-order valence-corrected chi connectivity index (χ4v) is 2.72. The summed E-state index contributed by atoms with van der Waals surface area (Å²) < 4.78 is 40.8. The lowest BCUT2D eigenvalue weighted by Crippen LogP contribution is -2.24. The quantitative estimate of drug-likeness (QED) is 0.910. The minimum absolute atomic E-state index is 0.211. The molecule has 1 fully saturated rings. The van der Waals surface area contributed by atoms with Crippen LogP contribution >= 0.6 is 0 Å². The van der Waals surface area contributed by atoms with E-state index in [4.69, 9.17) is 0 Å². The Morgan fingerprint density at radius 3 is 2.64 bits per heavy atom. The first-order valence-corrected chi connectivity index (χ1v) is 7.79. The van der Waals surface area contributed by atoms with Gasteiger partial charge in [0, 0.05) is 31.0 Å². The molecule has 1 aromatic carbocycles. The zero-order valence-electron chi connectivity index (χ0n) is 13.2. The minimum atomic E-state index is -4.78. The maximum absolute atomic E-state index is 12.5. The molecule has 0 bridgehead atoms. The topological polar surface area (TPSA) is 54.5 Å². The van der Waals surface area contributed by atoms with Crippen LogP contribution in [0.15, 0.2) is 42.6 Å². The molecule has 0 unspecified atom stereocenters. The highest BCUT2D eigenvalue weighted by Crippen LogP contribution is 2.26. The number of hydrogen-bond donors (Lipinski definition) is 1. The van der Waals surface area contributed by atoms with Crippen molar-refractivity contribution in [2.75, 3.05) is 23.3 Å². The van der Waals surface area contributed by atoms with Crippen LogP contribution in [0.4, 0.5) is 24.7 Å². The second-order valence-electron chi connectivity index (χ2n) is 5.60. The molecule has 1 aromatic heterocycles. The van der Waals surface area contributed by atoms with E-state index >= 15 is 0 Å². The highest BCUT2D eigenvalue weighted by Gasteiger charge is 2.31. The monoisotopic (exact) mass is 351 g/mol. The third-order valence-electron chi connectivity index (χ3n) is 3.76. The van der Waals surface area contributed by atoms with Gasteiger partial charge >= 0.3 is 6.36 Å². The molecule has 1 aliphatic rings. The molecule has 0 saturated carbocycles. The van der Waals surface area contributed by atoms with E-state index in [-0.39, 0.29) is 5.69 Å². The number of pyridine rings is 1. The number of nitrogens with zero attached hydrogens (tertiary/aromatic N) is 2. The van der Waals surface area contributed by atoms with E-state index in [1.807, 2.05) is 4.90 Å². The van der Waals surface area contributed by atoms with E-state index in [1.54, 1.807) is 18.3 Å². The van der Waals surface area contributed by atoms with Crippen molar-refractivity contribution in [3.8, 4) is 5.75 Å². The second-order valence-corrected chi connectivity index (χ2v) is 5.60. The summed E-state index contributed by atoms with van der Waals surface area (Å²) in [6, 6.07) is 8.46. The minimum Gasteiger partial charge on any atom is -0.406 e. The molecule has 1 aliphatic heterocycles. The van der Waals surface area contributed by atoms with Gasteiger partial charge in [-0.25, -0.2) is 4.98 Å². The lowest BCUT2D eigenvalue weighted by molar-refractivity contribution is -0.274. The normalized spacial score (nSPS) is 14.4. The molecule has 0 atom stereocenters. The van der Waals surface area contributed by atoms with E-state index in [0.29, 0.717) is 11.4 Å². The Bertz CT molecular complexity index is 759. The summed E-state index contributed by atoms with van der Waals surface area (Å²) in [6.45, 7) is 1.65. The van der Waals surface area contributed by atoms with Crippen LogP contribution in [0.2, 0.25) is 0 Å². The van der Waals surface area contributed by atoms with Crippen LogP contribution in [0.5, 0.6) is 5.75 Å². The molecule has 1 saturated heterocycles. The zero-order valence-corrected chi connectivity index (χ0v) is 13.2. The standard InChI is InChI=1S/C17H16F3N3O2/c18-17(19,20)25-13-6-3-5-12(11-13)22-16(24)14-7-4-8-21-15(14)23-9-1-2-10-23/h3-8,11H,1-2,9-10H2,(H,22,24). The number of aromatic nitrogens is 1. The molecule has 1 amide bonds. The molecule has 2 aromatic rings. The lowest BCUT2D eigenvalue weighted by Gasteiger charge is -2.19. The number of ether oxygens (including phenoxy) is 1. The Hall–Kier alpha value is -2.77. The van der Waals surface area contributed by atoms with Crippen molar-refractivity contribution in [2.45, 2.75) is 19.2 Å². The Balaban J connectivity index is 1.78. The second kappa shape index (κ2) is 7.00. The SMILES string of the molecule is O=C(Nc1cccc(OC(F)(F)F)c1)c1cccnc1N1CCCC1. The Morgan fingerprint density at radius 2 is 1.92 bits per heavy atom. The van der Waals surface area contributed by atoms with Gasteiger partial charge < -0.3 is 15.0 Å². The summed E-state index contributed by atoms with van der Waals surface area (Å²) in [4.78, 5) is 18.9. The van der Waals surface area contributed by atoms with E-state index in [1.165, 1.54) is 18.2 Å². The number of amides is 1. The number of halogens is 3. The highest BCUT2D eigenvalue weighted by molar-refractivity contribution is 6.07. The summed E-state index contributed by atoms with van der Waals surface area (Å²) in [7, 11) is 0. The predicted molar refractivity (Wildman–Crippen MR) is 86.8 cm³/mol. The maximum Gasteiger partial charge on any atom is 0.573 e. The zero-order chi connectivity index (χ0) is 17.9. The van der Waals surface area contributed by atoms with Gasteiger partial charge in [-0.3, -0.25) is 4.79 Å². The van der Waals surface area contributed by atoms with Crippen LogP contribution in [0.25, 0.3) is 0 Å². The molecule has 0 aliphatic carbocycles. The van der Waals surface area contributed by atoms with Gasteiger partial charge in [0.1, 0.15) is 11.6 Å². The largest absolute Gasteiger partial charge is 0.573 e. The molecular formula is C17H16F3N3O2. The summed E-state index contributed by atoms with van der Waals surface area (Å²) in [5, 5.41) is 2.60. The highest BCUT2D eigenvalue weighted by atomic mass is 19.4. The average Bonchev–Trinajstić information content (AvgIpc) is 3.08. The first-order chi connectivity index (χ1) is 11.9. The third-order valence-corrected chi connectivity index (χ3v) is 3.76. The van der Waals surface area contributed by atoms with Gasteiger partial charge in [-0.1, -0.05) is 6.07 Å². The molecule has 3 rings (SSSR count). The molecule has 0 spiro atoms. The van der Waals surface area contributed by atoms with E-state index in [0.717, 1.165) is 32.0 Å². The van der Waals surface area contributed by atoms with Crippen LogP contribution in [0.1, 0.15) is 23.2 Å². The first-order valence-electron chi connectivity index (χ1n) is 7.79. The smallest absolute Gasteiger partial charge is 0.406 e. The molecule has 5 nitrogen and oxygen atoms in total. The number of carbonyl (C=O) groups is 1. The van der Waals surface area contributed by atoms with Gasteiger partial charge in [-0.05, 0) is 37.1 Å². The summed E-state index contributed by atoms with van der Waals surface area (Å²) in [5.74, 6) is -0.240. The molecule has 0 radical (unpaired) electrons. The number of benzene rings is 1. The van der Waals surface area contributed by atoms with Crippen LogP contribution in [-0.4, -0.2) is 30.3 Å². The van der Waals surface area contributed by atoms with Crippen molar-refractivity contribution >= 4 is 17.4 Å². The first kappa shape index (κ1) is 17.1. The van der Waals surface area contributed by atoms with Gasteiger partial charge in [-0.15, -0.1) is 13.2 Å². The number of carbonyl (C=O) groups excluding carboxylic acids is 1. The summed E-state index contributed by atoms with van der Waals surface area (Å²) >= 11 is 0. The molecule has 1 N–H and O–H groups in total. The van der Waals surface area contributed by atoms with Crippen molar-refractivity contribution in [3.05, 3.63) is 48.2 Å². The number of nitrogens with one attached hydrogen (secondary N) is 1. The molecule has 8 heteroatoms. The summed E-state index contributed by atoms with van der Waals surface area (Å²) in [6.07, 6.45) is -1.10. The Labute approximate surface area is 142 Å². The van der Waals surface area contributed by atoms with Crippen molar-refractivity contribution in [1.29, 1.82) is 0 Å². The molecule has 2 heterocycles. The van der Waals surface area contributed by atoms with Gasteiger partial charge in [0.05, 0.1) is 5.56 Å². The number of alkyl halides is 3. The Morgan fingerprint density at radius 1 is 1.16 bits per heavy atom. The van der Waals surface area contributed by atoms with E-state index < -0.39 is 18.0 Å². The fourth-order valence-electron chi connectivity index (χ4n) is 2.72. The van der Waals surface area contributed by atoms with E-state index in [9.17, 15) is 18.0 Å². The third kappa shape index (κ3) is 4.40. The van der Waals surface area contributed by atoms with E-state index in [2.05, 4.69) is 15.0 Å². The van der Waals surface area contributed by atoms with Crippen molar-refractivity contribution in [1.82, 2.24) is 4.98 Å². The van der Waals surface area contributed by atoms with Crippen LogP contribution < -0.4 is 15.0 Å². The van der Waals surface area contributed by atoms with Crippen LogP contribution in [0, 0.1) is 0 Å². The van der Waals surface area contributed by atoms with Gasteiger partial charge in [0.25, 0.3) is 5.91 Å². The van der Waals surface area contributed by atoms with Crippen molar-refractivity contribution in [3.63, 3.8) is 0 Å².